The second-order valence-electron chi connectivity index (χ2n) is 5.48. The molecule has 1 heterocycles. The maximum Gasteiger partial charge on any atom is 0.311 e. The number of ether oxygens (including phenoxy) is 1. The van der Waals surface area contributed by atoms with Gasteiger partial charge in [0.15, 0.2) is 0 Å². The van der Waals surface area contributed by atoms with E-state index in [1.807, 2.05) is 37.3 Å². The lowest BCUT2D eigenvalue weighted by atomic mass is 9.84. The number of hydrogen-bond acceptors (Lipinski definition) is 3. The van der Waals surface area contributed by atoms with E-state index in [0.29, 0.717) is 26.0 Å². The van der Waals surface area contributed by atoms with Gasteiger partial charge in [0.05, 0.1) is 12.0 Å². The van der Waals surface area contributed by atoms with E-state index in [2.05, 4.69) is 0 Å². The summed E-state index contributed by atoms with van der Waals surface area (Å²) in [6, 6.07) is 9.64. The Morgan fingerprint density at radius 2 is 2.05 bits per heavy atom. The summed E-state index contributed by atoms with van der Waals surface area (Å²) in [5.74, 6) is -0.951. The molecular formula is C16H21NO4. The summed E-state index contributed by atoms with van der Waals surface area (Å²) in [6.07, 6.45) is 1.06. The molecule has 0 aliphatic carbocycles. The Hall–Kier alpha value is -1.88. The van der Waals surface area contributed by atoms with Gasteiger partial charge in [-0.15, -0.1) is 0 Å². The predicted molar refractivity (Wildman–Crippen MR) is 77.7 cm³/mol. The number of likely N-dealkylation sites (tertiary alicyclic amines) is 1. The number of rotatable bonds is 6. The highest BCUT2D eigenvalue weighted by Gasteiger charge is 2.44. The van der Waals surface area contributed by atoms with Crippen molar-refractivity contribution in [3.63, 3.8) is 0 Å². The average Bonchev–Trinajstić information content (AvgIpc) is 2.94. The van der Waals surface area contributed by atoms with Crippen LogP contribution in [-0.2, 0) is 20.9 Å². The highest BCUT2D eigenvalue weighted by molar-refractivity contribution is 5.81. The van der Waals surface area contributed by atoms with Gasteiger partial charge in [-0.05, 0) is 18.4 Å². The normalized spacial score (nSPS) is 21.5. The molecule has 0 radical (unpaired) electrons. The molecule has 1 fully saturated rings. The lowest BCUT2D eigenvalue weighted by Gasteiger charge is -2.23. The Bertz CT molecular complexity index is 502. The molecule has 1 aliphatic heterocycles. The molecule has 2 rings (SSSR count). The first-order valence-corrected chi connectivity index (χ1v) is 7.20. The van der Waals surface area contributed by atoms with Crippen molar-refractivity contribution < 1.29 is 19.4 Å². The molecule has 1 aromatic rings. The van der Waals surface area contributed by atoms with Crippen molar-refractivity contribution >= 4 is 11.9 Å². The fraction of sp³-hybridized carbons (Fsp3) is 0.500. The third-order valence-electron chi connectivity index (χ3n) is 4.17. The predicted octanol–water partition coefficient (Wildman–Crippen LogP) is 1.92. The van der Waals surface area contributed by atoms with Crippen LogP contribution in [0.4, 0.5) is 0 Å². The van der Waals surface area contributed by atoms with Crippen LogP contribution < -0.4 is 0 Å². The maximum atomic E-state index is 12.1. The van der Waals surface area contributed by atoms with E-state index in [1.54, 1.807) is 4.90 Å². The molecule has 0 aromatic heterocycles. The van der Waals surface area contributed by atoms with Gasteiger partial charge in [0.25, 0.3) is 0 Å². The van der Waals surface area contributed by atoms with Gasteiger partial charge in [-0.25, -0.2) is 0 Å². The number of hydrogen-bond donors (Lipinski definition) is 1. The van der Waals surface area contributed by atoms with Crippen LogP contribution in [0.3, 0.4) is 0 Å². The standard InChI is InChI=1S/C16H21NO4/c1-2-16(15(19)20)8-9-17(12-16)14(18)11-21-10-13-6-4-3-5-7-13/h3-7H,2,8-12H2,1H3,(H,19,20). The number of carbonyl (C=O) groups excluding carboxylic acids is 1. The lowest BCUT2D eigenvalue weighted by Crippen LogP contribution is -2.37. The van der Waals surface area contributed by atoms with Crippen molar-refractivity contribution in [3.8, 4) is 0 Å². The summed E-state index contributed by atoms with van der Waals surface area (Å²) >= 11 is 0. The zero-order valence-corrected chi connectivity index (χ0v) is 12.2. The second kappa shape index (κ2) is 6.72. The summed E-state index contributed by atoms with van der Waals surface area (Å²) in [4.78, 5) is 25.0. The number of carboxylic acid groups (broad SMARTS) is 1. The molecule has 1 N–H and O–H groups in total. The third-order valence-corrected chi connectivity index (χ3v) is 4.17. The van der Waals surface area contributed by atoms with Gasteiger partial charge < -0.3 is 14.7 Å². The smallest absolute Gasteiger partial charge is 0.311 e. The Balaban J connectivity index is 1.81. The second-order valence-corrected chi connectivity index (χ2v) is 5.48. The van der Waals surface area contributed by atoms with Crippen molar-refractivity contribution in [2.45, 2.75) is 26.4 Å². The number of nitrogens with zero attached hydrogens (tertiary/aromatic N) is 1. The van der Waals surface area contributed by atoms with Crippen molar-refractivity contribution in [2.24, 2.45) is 5.41 Å². The fourth-order valence-electron chi connectivity index (χ4n) is 2.62. The van der Waals surface area contributed by atoms with Gasteiger partial charge in [0.2, 0.25) is 5.91 Å². The van der Waals surface area contributed by atoms with E-state index in [4.69, 9.17) is 4.74 Å². The number of carboxylic acids is 1. The zero-order chi connectivity index (χ0) is 15.3. The molecule has 1 aromatic carbocycles. The first kappa shape index (κ1) is 15.5. The van der Waals surface area contributed by atoms with Gasteiger partial charge in [0.1, 0.15) is 6.61 Å². The van der Waals surface area contributed by atoms with Crippen LogP contribution in [0.15, 0.2) is 30.3 Å². The fourth-order valence-corrected chi connectivity index (χ4v) is 2.62. The van der Waals surface area contributed by atoms with Crippen molar-refractivity contribution in [1.29, 1.82) is 0 Å². The average molecular weight is 291 g/mol. The van der Waals surface area contributed by atoms with Crippen LogP contribution >= 0.6 is 0 Å². The minimum atomic E-state index is -0.814. The molecule has 1 atom stereocenters. The maximum absolute atomic E-state index is 12.1. The molecule has 21 heavy (non-hydrogen) atoms. The summed E-state index contributed by atoms with van der Waals surface area (Å²) < 4.78 is 5.42. The zero-order valence-electron chi connectivity index (χ0n) is 12.2. The van der Waals surface area contributed by atoms with Crippen molar-refractivity contribution in [1.82, 2.24) is 4.90 Å². The number of aliphatic carboxylic acids is 1. The van der Waals surface area contributed by atoms with E-state index in [-0.39, 0.29) is 19.1 Å². The molecule has 0 bridgehead atoms. The third kappa shape index (κ3) is 3.61. The van der Waals surface area contributed by atoms with Crippen LogP contribution in [0.1, 0.15) is 25.3 Å². The lowest BCUT2D eigenvalue weighted by molar-refractivity contribution is -0.149. The van der Waals surface area contributed by atoms with Gasteiger partial charge in [0, 0.05) is 13.1 Å². The van der Waals surface area contributed by atoms with E-state index < -0.39 is 11.4 Å². The van der Waals surface area contributed by atoms with E-state index in [1.165, 1.54) is 0 Å². The van der Waals surface area contributed by atoms with Crippen LogP contribution in [-0.4, -0.2) is 41.6 Å². The van der Waals surface area contributed by atoms with E-state index >= 15 is 0 Å². The minimum absolute atomic E-state index is 0.00565. The Morgan fingerprint density at radius 3 is 2.62 bits per heavy atom. The van der Waals surface area contributed by atoms with E-state index in [0.717, 1.165) is 5.56 Å². The summed E-state index contributed by atoms with van der Waals surface area (Å²) in [7, 11) is 0. The number of amides is 1. The Kier molecular flexibility index (Phi) is 4.96. The molecular weight excluding hydrogens is 270 g/mol. The Morgan fingerprint density at radius 1 is 1.33 bits per heavy atom. The summed E-state index contributed by atoms with van der Waals surface area (Å²) in [6.45, 7) is 3.01. The first-order chi connectivity index (χ1) is 10.1. The van der Waals surface area contributed by atoms with Gasteiger partial charge >= 0.3 is 5.97 Å². The topological polar surface area (TPSA) is 66.8 Å². The Labute approximate surface area is 124 Å². The molecule has 1 aliphatic rings. The summed E-state index contributed by atoms with van der Waals surface area (Å²) in [5, 5.41) is 9.32. The van der Waals surface area contributed by atoms with Gasteiger partial charge in [-0.3, -0.25) is 9.59 Å². The molecule has 0 spiro atoms. The largest absolute Gasteiger partial charge is 0.481 e. The highest BCUT2D eigenvalue weighted by Crippen LogP contribution is 2.34. The molecule has 1 amide bonds. The van der Waals surface area contributed by atoms with Crippen molar-refractivity contribution in [2.75, 3.05) is 19.7 Å². The van der Waals surface area contributed by atoms with Crippen LogP contribution in [0.25, 0.3) is 0 Å². The quantitative estimate of drug-likeness (QED) is 0.869. The van der Waals surface area contributed by atoms with Crippen LogP contribution in [0, 0.1) is 5.41 Å². The minimum Gasteiger partial charge on any atom is -0.481 e. The van der Waals surface area contributed by atoms with Crippen molar-refractivity contribution in [3.05, 3.63) is 35.9 Å². The monoisotopic (exact) mass is 291 g/mol. The van der Waals surface area contributed by atoms with E-state index in [9.17, 15) is 14.7 Å². The van der Waals surface area contributed by atoms with Gasteiger partial charge in [-0.2, -0.15) is 0 Å². The van der Waals surface area contributed by atoms with Crippen LogP contribution in [0.2, 0.25) is 0 Å². The number of benzene rings is 1. The highest BCUT2D eigenvalue weighted by atomic mass is 16.5. The summed E-state index contributed by atoms with van der Waals surface area (Å²) in [5.41, 5.74) is 0.231. The SMILES string of the molecule is CCC1(C(=O)O)CCN(C(=O)COCc2ccccc2)C1. The van der Waals surface area contributed by atoms with Gasteiger partial charge in [-0.1, -0.05) is 37.3 Å². The molecule has 5 nitrogen and oxygen atoms in total. The molecule has 1 saturated heterocycles. The van der Waals surface area contributed by atoms with Crippen LogP contribution in [0.5, 0.6) is 0 Å². The molecule has 1 unspecified atom stereocenters. The number of carbonyl (C=O) groups is 2. The molecule has 0 saturated carbocycles. The first-order valence-electron chi connectivity index (χ1n) is 7.20. The molecule has 5 heteroatoms. The molecule has 114 valence electrons.